The molecular formula is C15H22N2O3. The van der Waals surface area contributed by atoms with Crippen LogP contribution in [0, 0.1) is 5.92 Å². The van der Waals surface area contributed by atoms with E-state index in [1.54, 1.807) is 39.1 Å². The average molecular weight is 278 g/mol. The van der Waals surface area contributed by atoms with Gasteiger partial charge in [0.2, 0.25) is 0 Å². The lowest BCUT2D eigenvalue weighted by molar-refractivity contribution is -0.158. The Morgan fingerprint density at radius 2 is 1.95 bits per heavy atom. The molecule has 1 amide bonds. The molecule has 1 rings (SSSR count). The number of hydrogen-bond donors (Lipinski definition) is 1. The van der Waals surface area contributed by atoms with E-state index in [0.717, 1.165) is 0 Å². The summed E-state index contributed by atoms with van der Waals surface area (Å²) in [6, 6.07) is 2.64. The van der Waals surface area contributed by atoms with Crippen LogP contribution in [0.1, 0.15) is 45.0 Å². The summed E-state index contributed by atoms with van der Waals surface area (Å²) in [5.41, 5.74) is -0.162. The summed E-state index contributed by atoms with van der Waals surface area (Å²) >= 11 is 0. The van der Waals surface area contributed by atoms with Crippen LogP contribution in [0.5, 0.6) is 0 Å². The molecule has 0 aliphatic heterocycles. The van der Waals surface area contributed by atoms with E-state index in [1.165, 1.54) is 6.20 Å². The van der Waals surface area contributed by atoms with Crippen molar-refractivity contribution in [1.29, 1.82) is 0 Å². The summed E-state index contributed by atoms with van der Waals surface area (Å²) in [6.45, 7) is 9.11. The van der Waals surface area contributed by atoms with E-state index in [1.807, 2.05) is 13.8 Å². The maximum Gasteiger partial charge on any atom is 0.329 e. The lowest BCUT2D eigenvalue weighted by Crippen LogP contribution is -2.47. The van der Waals surface area contributed by atoms with Gasteiger partial charge in [0.05, 0.1) is 5.56 Å². The molecule has 0 bridgehead atoms. The van der Waals surface area contributed by atoms with Gasteiger partial charge >= 0.3 is 5.97 Å². The van der Waals surface area contributed by atoms with Crippen LogP contribution in [0.2, 0.25) is 0 Å². The number of carbonyl (C=O) groups is 2. The Morgan fingerprint density at radius 1 is 1.30 bits per heavy atom. The highest BCUT2D eigenvalue weighted by Gasteiger charge is 2.29. The van der Waals surface area contributed by atoms with E-state index in [0.29, 0.717) is 5.56 Å². The Labute approximate surface area is 119 Å². The molecule has 1 heterocycles. The molecule has 1 unspecified atom stereocenters. The molecule has 0 spiro atoms. The molecule has 5 heteroatoms. The van der Waals surface area contributed by atoms with Gasteiger partial charge in [-0.15, -0.1) is 0 Å². The van der Waals surface area contributed by atoms with Gasteiger partial charge in [-0.05, 0) is 38.8 Å². The van der Waals surface area contributed by atoms with Crippen LogP contribution in [0.4, 0.5) is 0 Å². The highest BCUT2D eigenvalue weighted by Crippen LogP contribution is 2.13. The van der Waals surface area contributed by atoms with E-state index in [9.17, 15) is 9.59 Å². The standard InChI is InChI=1S/C15H22N2O3/c1-10(2)12(14(19)20-15(3,4)5)17-13(18)11-7-6-8-16-9-11/h6-10,12H,1-5H3,(H,17,18). The van der Waals surface area contributed by atoms with Gasteiger partial charge in [0, 0.05) is 12.4 Å². The average Bonchev–Trinajstić information content (AvgIpc) is 2.34. The van der Waals surface area contributed by atoms with Crippen LogP contribution in [0.3, 0.4) is 0 Å². The largest absolute Gasteiger partial charge is 0.458 e. The molecule has 1 aromatic heterocycles. The first kappa shape index (κ1) is 16.1. The smallest absolute Gasteiger partial charge is 0.329 e. The molecule has 1 atom stereocenters. The number of ether oxygens (including phenoxy) is 1. The van der Waals surface area contributed by atoms with Crippen LogP contribution in [-0.2, 0) is 9.53 Å². The van der Waals surface area contributed by atoms with Crippen molar-refractivity contribution in [3.63, 3.8) is 0 Å². The zero-order chi connectivity index (χ0) is 15.3. The molecule has 0 fully saturated rings. The second-order valence-corrected chi connectivity index (χ2v) is 5.97. The van der Waals surface area contributed by atoms with E-state index >= 15 is 0 Å². The van der Waals surface area contributed by atoms with Gasteiger partial charge < -0.3 is 10.1 Å². The van der Waals surface area contributed by atoms with E-state index in [4.69, 9.17) is 4.74 Å². The van der Waals surface area contributed by atoms with E-state index in [-0.39, 0.29) is 11.8 Å². The first-order chi connectivity index (χ1) is 9.20. The zero-order valence-corrected chi connectivity index (χ0v) is 12.6. The summed E-state index contributed by atoms with van der Waals surface area (Å²) < 4.78 is 5.33. The van der Waals surface area contributed by atoms with E-state index in [2.05, 4.69) is 10.3 Å². The van der Waals surface area contributed by atoms with Crippen LogP contribution >= 0.6 is 0 Å². The van der Waals surface area contributed by atoms with Gasteiger partial charge in [-0.1, -0.05) is 13.8 Å². The molecule has 1 N–H and O–H groups in total. The fourth-order valence-electron chi connectivity index (χ4n) is 1.58. The SMILES string of the molecule is CC(C)C(NC(=O)c1cccnc1)C(=O)OC(C)(C)C. The number of esters is 1. The van der Waals surface area contributed by atoms with Crippen LogP contribution in [0.15, 0.2) is 24.5 Å². The van der Waals surface area contributed by atoms with Gasteiger partial charge in [0.25, 0.3) is 5.91 Å². The molecule has 0 radical (unpaired) electrons. The summed E-state index contributed by atoms with van der Waals surface area (Å²) in [5.74, 6) is -0.821. The van der Waals surface area contributed by atoms with Crippen molar-refractivity contribution in [3.05, 3.63) is 30.1 Å². The Kier molecular flexibility index (Phi) is 5.25. The van der Waals surface area contributed by atoms with Gasteiger partial charge in [0.15, 0.2) is 0 Å². The van der Waals surface area contributed by atoms with Gasteiger partial charge in [-0.3, -0.25) is 9.78 Å². The number of rotatable bonds is 4. The van der Waals surface area contributed by atoms with Crippen molar-refractivity contribution in [2.45, 2.75) is 46.3 Å². The molecule has 20 heavy (non-hydrogen) atoms. The van der Waals surface area contributed by atoms with Gasteiger partial charge in [-0.25, -0.2) is 4.79 Å². The predicted octanol–water partition coefficient (Wildman–Crippen LogP) is 2.18. The Hall–Kier alpha value is -1.91. The maximum absolute atomic E-state index is 12.1. The third-order valence-electron chi connectivity index (χ3n) is 2.54. The molecule has 1 aromatic rings. The summed E-state index contributed by atoms with van der Waals surface area (Å²) in [6.07, 6.45) is 3.05. The summed E-state index contributed by atoms with van der Waals surface area (Å²) in [4.78, 5) is 28.1. The maximum atomic E-state index is 12.1. The minimum absolute atomic E-state index is 0.0644. The topological polar surface area (TPSA) is 68.3 Å². The van der Waals surface area contributed by atoms with Crippen molar-refractivity contribution in [1.82, 2.24) is 10.3 Å². The molecule has 0 saturated heterocycles. The van der Waals surface area contributed by atoms with Crippen molar-refractivity contribution < 1.29 is 14.3 Å². The number of pyridine rings is 1. The van der Waals surface area contributed by atoms with Crippen LogP contribution in [-0.4, -0.2) is 28.5 Å². The third-order valence-corrected chi connectivity index (χ3v) is 2.54. The number of carbonyl (C=O) groups excluding carboxylic acids is 2. The minimum Gasteiger partial charge on any atom is -0.458 e. The van der Waals surface area contributed by atoms with Crippen molar-refractivity contribution in [2.24, 2.45) is 5.92 Å². The molecule has 5 nitrogen and oxygen atoms in total. The Bertz CT molecular complexity index is 464. The highest BCUT2D eigenvalue weighted by molar-refractivity contribution is 5.96. The van der Waals surface area contributed by atoms with Crippen molar-refractivity contribution >= 4 is 11.9 Å². The fraction of sp³-hybridized carbons (Fsp3) is 0.533. The van der Waals surface area contributed by atoms with Crippen LogP contribution in [0.25, 0.3) is 0 Å². The quantitative estimate of drug-likeness (QED) is 0.857. The molecule has 110 valence electrons. The third kappa shape index (κ3) is 4.99. The second-order valence-electron chi connectivity index (χ2n) is 5.97. The lowest BCUT2D eigenvalue weighted by atomic mass is 10.0. The fourth-order valence-corrected chi connectivity index (χ4v) is 1.58. The van der Waals surface area contributed by atoms with Crippen LogP contribution < -0.4 is 5.32 Å². The first-order valence-electron chi connectivity index (χ1n) is 6.64. The molecule has 0 saturated carbocycles. The minimum atomic E-state index is -0.679. The number of nitrogens with one attached hydrogen (secondary N) is 1. The molecule has 0 aromatic carbocycles. The van der Waals surface area contributed by atoms with Gasteiger partial charge in [-0.2, -0.15) is 0 Å². The highest BCUT2D eigenvalue weighted by atomic mass is 16.6. The molecule has 0 aliphatic rings. The summed E-state index contributed by atoms with van der Waals surface area (Å²) in [5, 5.41) is 2.70. The van der Waals surface area contributed by atoms with E-state index < -0.39 is 17.6 Å². The first-order valence-corrected chi connectivity index (χ1v) is 6.64. The van der Waals surface area contributed by atoms with Crippen molar-refractivity contribution in [3.8, 4) is 0 Å². The zero-order valence-electron chi connectivity index (χ0n) is 12.6. The Balaban J connectivity index is 2.78. The number of amides is 1. The van der Waals surface area contributed by atoms with Crippen molar-refractivity contribution in [2.75, 3.05) is 0 Å². The summed E-state index contributed by atoms with van der Waals surface area (Å²) in [7, 11) is 0. The lowest BCUT2D eigenvalue weighted by Gasteiger charge is -2.26. The number of hydrogen-bond acceptors (Lipinski definition) is 4. The number of nitrogens with zero attached hydrogens (tertiary/aromatic N) is 1. The second kappa shape index (κ2) is 6.50. The predicted molar refractivity (Wildman–Crippen MR) is 76.2 cm³/mol. The monoisotopic (exact) mass is 278 g/mol. The normalized spacial score (nSPS) is 12.9. The van der Waals surface area contributed by atoms with Gasteiger partial charge in [0.1, 0.15) is 11.6 Å². The molecule has 0 aliphatic carbocycles. The Morgan fingerprint density at radius 3 is 2.40 bits per heavy atom. The number of aromatic nitrogens is 1. The molecular weight excluding hydrogens is 256 g/mol.